The van der Waals surface area contributed by atoms with E-state index in [1.54, 1.807) is 12.1 Å². The maximum Gasteiger partial charge on any atom is 0.228 e. The molecule has 2 atom stereocenters. The highest BCUT2D eigenvalue weighted by Crippen LogP contribution is 2.47. The van der Waals surface area contributed by atoms with Crippen molar-refractivity contribution in [3.8, 4) is 0 Å². The maximum absolute atomic E-state index is 13.0. The molecule has 1 amide bonds. The van der Waals surface area contributed by atoms with Gasteiger partial charge in [0.05, 0.1) is 0 Å². The van der Waals surface area contributed by atoms with Crippen molar-refractivity contribution in [3.63, 3.8) is 0 Å². The lowest BCUT2D eigenvalue weighted by molar-refractivity contribution is -0.117. The van der Waals surface area contributed by atoms with Gasteiger partial charge in [0.2, 0.25) is 5.91 Å². The number of rotatable bonds is 3. The van der Waals surface area contributed by atoms with Crippen molar-refractivity contribution >= 4 is 11.6 Å². The van der Waals surface area contributed by atoms with Crippen molar-refractivity contribution in [1.29, 1.82) is 0 Å². The number of carbonyl (C=O) groups excluding carboxylic acids is 1. The molecule has 2 aromatic rings. The first-order valence-electron chi connectivity index (χ1n) is 6.35. The number of halogens is 1. The summed E-state index contributed by atoms with van der Waals surface area (Å²) < 4.78 is 13.0. The van der Waals surface area contributed by atoms with Crippen LogP contribution in [0.5, 0.6) is 0 Å². The van der Waals surface area contributed by atoms with Gasteiger partial charge in [0, 0.05) is 11.6 Å². The van der Waals surface area contributed by atoms with E-state index in [1.165, 1.54) is 17.7 Å². The number of benzene rings is 2. The lowest BCUT2D eigenvalue weighted by Gasteiger charge is -2.05. The van der Waals surface area contributed by atoms with Crippen LogP contribution in [0.15, 0.2) is 54.6 Å². The Hall–Kier alpha value is -2.16. The summed E-state index contributed by atoms with van der Waals surface area (Å²) in [6.07, 6.45) is 0.866. The summed E-state index contributed by atoms with van der Waals surface area (Å²) in [5, 5.41) is 2.77. The molecule has 0 heterocycles. The molecule has 0 radical (unpaired) electrons. The smallest absolute Gasteiger partial charge is 0.228 e. The molecule has 1 saturated carbocycles. The van der Waals surface area contributed by atoms with Crippen LogP contribution in [0.4, 0.5) is 10.1 Å². The quantitative estimate of drug-likeness (QED) is 0.892. The normalized spacial score (nSPS) is 20.9. The standard InChI is InChI=1S/C16H14FNO/c17-12-7-4-8-13(9-12)18-16(19)15-10-14(15)11-5-2-1-3-6-11/h1-9,14-15H,10H2,(H,18,19)/t14-,15+/m0/s1. The number of hydrogen-bond acceptors (Lipinski definition) is 1. The minimum absolute atomic E-state index is 0.00525. The molecule has 0 aromatic heterocycles. The Labute approximate surface area is 111 Å². The van der Waals surface area contributed by atoms with Gasteiger partial charge in [0.1, 0.15) is 5.82 Å². The zero-order valence-corrected chi connectivity index (χ0v) is 10.3. The summed E-state index contributed by atoms with van der Waals surface area (Å²) in [6.45, 7) is 0. The molecule has 96 valence electrons. The van der Waals surface area contributed by atoms with Crippen LogP contribution >= 0.6 is 0 Å². The van der Waals surface area contributed by atoms with E-state index in [0.29, 0.717) is 11.6 Å². The van der Waals surface area contributed by atoms with Crippen molar-refractivity contribution in [2.24, 2.45) is 5.92 Å². The Morgan fingerprint density at radius 1 is 1.11 bits per heavy atom. The fourth-order valence-electron chi connectivity index (χ4n) is 2.35. The van der Waals surface area contributed by atoms with Crippen LogP contribution in [0.3, 0.4) is 0 Å². The third kappa shape index (κ3) is 2.65. The third-order valence-corrected chi connectivity index (χ3v) is 3.45. The first-order chi connectivity index (χ1) is 9.24. The lowest BCUT2D eigenvalue weighted by atomic mass is 10.1. The fraction of sp³-hybridized carbons (Fsp3) is 0.188. The van der Waals surface area contributed by atoms with Gasteiger partial charge in [-0.1, -0.05) is 36.4 Å². The van der Waals surface area contributed by atoms with Gasteiger partial charge < -0.3 is 5.32 Å². The Bertz CT molecular complexity index is 597. The van der Waals surface area contributed by atoms with E-state index >= 15 is 0 Å². The van der Waals surface area contributed by atoms with E-state index in [4.69, 9.17) is 0 Å². The topological polar surface area (TPSA) is 29.1 Å². The summed E-state index contributed by atoms with van der Waals surface area (Å²) in [7, 11) is 0. The summed E-state index contributed by atoms with van der Waals surface area (Å²) in [6, 6.07) is 16.0. The molecule has 0 unspecified atom stereocenters. The van der Waals surface area contributed by atoms with Gasteiger partial charge in [-0.05, 0) is 36.1 Å². The molecule has 3 heteroatoms. The van der Waals surface area contributed by atoms with Gasteiger partial charge in [-0.2, -0.15) is 0 Å². The third-order valence-electron chi connectivity index (χ3n) is 3.45. The van der Waals surface area contributed by atoms with Gasteiger partial charge >= 0.3 is 0 Å². The zero-order chi connectivity index (χ0) is 13.2. The van der Waals surface area contributed by atoms with Crippen LogP contribution in [-0.2, 0) is 4.79 Å². The molecule has 0 saturated heterocycles. The average Bonchev–Trinajstić information content (AvgIpc) is 3.20. The zero-order valence-electron chi connectivity index (χ0n) is 10.3. The minimum atomic E-state index is -0.340. The molecule has 2 aromatic carbocycles. The molecule has 1 N–H and O–H groups in total. The second-order valence-electron chi connectivity index (χ2n) is 4.86. The van der Waals surface area contributed by atoms with Crippen molar-refractivity contribution in [3.05, 3.63) is 66.0 Å². The summed E-state index contributed by atoms with van der Waals surface area (Å²) in [5.74, 6) is -0.0620. The first kappa shape index (κ1) is 11.9. The van der Waals surface area contributed by atoms with Gasteiger partial charge in [0.15, 0.2) is 0 Å². The van der Waals surface area contributed by atoms with Crippen LogP contribution in [0.25, 0.3) is 0 Å². The Morgan fingerprint density at radius 3 is 2.63 bits per heavy atom. The molecule has 1 aliphatic carbocycles. The van der Waals surface area contributed by atoms with E-state index in [0.717, 1.165) is 6.42 Å². The average molecular weight is 255 g/mol. The largest absolute Gasteiger partial charge is 0.326 e. The van der Waals surface area contributed by atoms with Gasteiger partial charge in [-0.25, -0.2) is 4.39 Å². The van der Waals surface area contributed by atoms with Crippen LogP contribution in [0.2, 0.25) is 0 Å². The van der Waals surface area contributed by atoms with E-state index in [9.17, 15) is 9.18 Å². The van der Waals surface area contributed by atoms with Crippen LogP contribution in [0, 0.1) is 11.7 Å². The Balaban J connectivity index is 1.64. The molecular weight excluding hydrogens is 241 g/mol. The molecular formula is C16H14FNO. The lowest BCUT2D eigenvalue weighted by Crippen LogP contribution is -2.14. The molecule has 1 fully saturated rings. The maximum atomic E-state index is 13.0. The second-order valence-corrected chi connectivity index (χ2v) is 4.86. The number of nitrogens with one attached hydrogen (secondary N) is 1. The summed E-state index contributed by atoms with van der Waals surface area (Å²) in [4.78, 5) is 12.0. The monoisotopic (exact) mass is 255 g/mol. The summed E-state index contributed by atoms with van der Waals surface area (Å²) in [5.41, 5.74) is 1.71. The molecule has 2 nitrogen and oxygen atoms in total. The highest BCUT2D eigenvalue weighted by atomic mass is 19.1. The van der Waals surface area contributed by atoms with Crippen molar-refractivity contribution < 1.29 is 9.18 Å². The van der Waals surface area contributed by atoms with Crippen LogP contribution in [-0.4, -0.2) is 5.91 Å². The Morgan fingerprint density at radius 2 is 1.89 bits per heavy atom. The van der Waals surface area contributed by atoms with Gasteiger partial charge in [-0.15, -0.1) is 0 Å². The van der Waals surface area contributed by atoms with Crippen molar-refractivity contribution in [1.82, 2.24) is 0 Å². The highest BCUT2D eigenvalue weighted by Gasteiger charge is 2.43. The van der Waals surface area contributed by atoms with Crippen molar-refractivity contribution in [2.45, 2.75) is 12.3 Å². The van der Waals surface area contributed by atoms with E-state index in [-0.39, 0.29) is 17.6 Å². The number of anilines is 1. The van der Waals surface area contributed by atoms with E-state index in [1.807, 2.05) is 30.3 Å². The van der Waals surface area contributed by atoms with Crippen LogP contribution < -0.4 is 5.32 Å². The number of amides is 1. The molecule has 0 bridgehead atoms. The highest BCUT2D eigenvalue weighted by molar-refractivity contribution is 5.95. The molecule has 0 spiro atoms. The predicted molar refractivity (Wildman–Crippen MR) is 72.3 cm³/mol. The first-order valence-corrected chi connectivity index (χ1v) is 6.35. The predicted octanol–water partition coefficient (Wildman–Crippen LogP) is 3.57. The van der Waals surface area contributed by atoms with E-state index in [2.05, 4.69) is 5.32 Å². The fourth-order valence-corrected chi connectivity index (χ4v) is 2.35. The van der Waals surface area contributed by atoms with E-state index < -0.39 is 0 Å². The molecule has 3 rings (SSSR count). The van der Waals surface area contributed by atoms with Gasteiger partial charge in [-0.3, -0.25) is 4.79 Å². The van der Waals surface area contributed by atoms with Crippen LogP contribution in [0.1, 0.15) is 17.9 Å². The molecule has 0 aliphatic heterocycles. The number of hydrogen-bond donors (Lipinski definition) is 1. The SMILES string of the molecule is O=C(Nc1cccc(F)c1)[C@@H]1C[C@H]1c1ccccc1. The number of carbonyl (C=O) groups is 1. The molecule has 19 heavy (non-hydrogen) atoms. The second kappa shape index (κ2) is 4.84. The Kier molecular flexibility index (Phi) is 3.03. The molecule has 1 aliphatic rings. The van der Waals surface area contributed by atoms with Crippen molar-refractivity contribution in [2.75, 3.05) is 5.32 Å². The summed E-state index contributed by atoms with van der Waals surface area (Å²) >= 11 is 0. The minimum Gasteiger partial charge on any atom is -0.326 e. The van der Waals surface area contributed by atoms with Gasteiger partial charge in [0.25, 0.3) is 0 Å².